The van der Waals surface area contributed by atoms with Crippen LogP contribution >= 0.6 is 0 Å². The summed E-state index contributed by atoms with van der Waals surface area (Å²) in [7, 11) is 1.59. The molecule has 0 fully saturated rings. The number of rotatable bonds is 4. The molecular formula is C14H19N3O2. The Bertz CT molecular complexity index is 576. The Morgan fingerprint density at radius 2 is 2.11 bits per heavy atom. The molecular weight excluding hydrogens is 242 g/mol. The summed E-state index contributed by atoms with van der Waals surface area (Å²) in [4.78, 5) is 4.39. The normalized spacial score (nSPS) is 14.4. The number of aryl methyl sites for hydroxylation is 2. The third-order valence-corrected chi connectivity index (χ3v) is 3.00. The van der Waals surface area contributed by atoms with Crippen molar-refractivity contribution >= 4 is 0 Å². The Morgan fingerprint density at radius 3 is 2.79 bits per heavy atom. The van der Waals surface area contributed by atoms with E-state index in [1.807, 2.05) is 39.0 Å². The maximum Gasteiger partial charge on any atom is 0.258 e. The van der Waals surface area contributed by atoms with Gasteiger partial charge >= 0.3 is 0 Å². The number of nitrogens with zero attached hydrogens (tertiary/aromatic N) is 2. The lowest BCUT2D eigenvalue weighted by Gasteiger charge is -2.18. The molecule has 0 amide bonds. The van der Waals surface area contributed by atoms with Crippen molar-refractivity contribution < 1.29 is 9.26 Å². The number of nitrogens with two attached hydrogens (primary N) is 1. The number of methoxy groups -OCH3 is 1. The van der Waals surface area contributed by atoms with Crippen molar-refractivity contribution in [1.82, 2.24) is 10.1 Å². The second-order valence-electron chi connectivity index (χ2n) is 5.09. The predicted octanol–water partition coefficient (Wildman–Crippen LogP) is 2.17. The van der Waals surface area contributed by atoms with E-state index in [1.165, 1.54) is 0 Å². The van der Waals surface area contributed by atoms with Crippen LogP contribution in [0.1, 0.15) is 23.9 Å². The van der Waals surface area contributed by atoms with E-state index in [0.29, 0.717) is 18.3 Å². The maximum absolute atomic E-state index is 6.10. The highest BCUT2D eigenvalue weighted by molar-refractivity contribution is 5.59. The van der Waals surface area contributed by atoms with Crippen LogP contribution in [-0.2, 0) is 10.3 Å². The van der Waals surface area contributed by atoms with E-state index in [2.05, 4.69) is 10.1 Å². The molecule has 5 heteroatoms. The van der Waals surface area contributed by atoms with Crippen LogP contribution in [0.4, 0.5) is 0 Å². The number of aromatic nitrogens is 2. The SMILES string of the molecule is COCC(C)(N)c1noc(-c2cc(C)ccc2C)n1. The first kappa shape index (κ1) is 13.7. The first-order valence-electron chi connectivity index (χ1n) is 6.13. The van der Waals surface area contributed by atoms with Crippen molar-refractivity contribution in [3.8, 4) is 11.5 Å². The molecule has 0 spiro atoms. The second-order valence-corrected chi connectivity index (χ2v) is 5.09. The van der Waals surface area contributed by atoms with Crippen molar-refractivity contribution in [2.24, 2.45) is 5.73 Å². The molecule has 0 aliphatic heterocycles. The largest absolute Gasteiger partial charge is 0.382 e. The number of ether oxygens (including phenoxy) is 1. The van der Waals surface area contributed by atoms with Gasteiger partial charge in [0.15, 0.2) is 5.82 Å². The topological polar surface area (TPSA) is 74.2 Å². The lowest BCUT2D eigenvalue weighted by molar-refractivity contribution is 0.135. The number of benzene rings is 1. The van der Waals surface area contributed by atoms with E-state index >= 15 is 0 Å². The van der Waals surface area contributed by atoms with Gasteiger partial charge in [-0.25, -0.2) is 0 Å². The summed E-state index contributed by atoms with van der Waals surface area (Å²) in [5.74, 6) is 0.939. The van der Waals surface area contributed by atoms with Crippen LogP contribution in [0.3, 0.4) is 0 Å². The average molecular weight is 261 g/mol. The minimum Gasteiger partial charge on any atom is -0.382 e. The molecule has 2 rings (SSSR count). The van der Waals surface area contributed by atoms with Crippen LogP contribution in [0.15, 0.2) is 22.7 Å². The molecule has 0 saturated carbocycles. The van der Waals surface area contributed by atoms with Gasteiger partial charge < -0.3 is 15.0 Å². The van der Waals surface area contributed by atoms with Crippen molar-refractivity contribution in [1.29, 1.82) is 0 Å². The number of hydrogen-bond donors (Lipinski definition) is 1. The highest BCUT2D eigenvalue weighted by atomic mass is 16.5. The Labute approximate surface area is 112 Å². The molecule has 1 heterocycles. The molecule has 0 saturated heterocycles. The molecule has 2 aromatic rings. The van der Waals surface area contributed by atoms with Gasteiger partial charge in [-0.05, 0) is 32.4 Å². The zero-order valence-corrected chi connectivity index (χ0v) is 11.7. The molecule has 0 aliphatic carbocycles. The van der Waals surface area contributed by atoms with Gasteiger partial charge in [0.25, 0.3) is 5.89 Å². The van der Waals surface area contributed by atoms with E-state index in [9.17, 15) is 0 Å². The van der Waals surface area contributed by atoms with Crippen molar-refractivity contribution in [3.05, 3.63) is 35.2 Å². The smallest absolute Gasteiger partial charge is 0.258 e. The van der Waals surface area contributed by atoms with Gasteiger partial charge in [-0.2, -0.15) is 4.98 Å². The zero-order chi connectivity index (χ0) is 14.0. The second kappa shape index (κ2) is 5.11. The van der Waals surface area contributed by atoms with E-state index in [1.54, 1.807) is 7.11 Å². The molecule has 0 bridgehead atoms. The Balaban J connectivity index is 2.38. The van der Waals surface area contributed by atoms with Crippen LogP contribution in [0.5, 0.6) is 0 Å². The minimum atomic E-state index is -0.756. The van der Waals surface area contributed by atoms with E-state index < -0.39 is 5.54 Å². The molecule has 19 heavy (non-hydrogen) atoms. The highest BCUT2D eigenvalue weighted by Gasteiger charge is 2.28. The summed E-state index contributed by atoms with van der Waals surface area (Å²) in [6.07, 6.45) is 0. The number of hydrogen-bond acceptors (Lipinski definition) is 5. The monoisotopic (exact) mass is 261 g/mol. The predicted molar refractivity (Wildman–Crippen MR) is 72.6 cm³/mol. The van der Waals surface area contributed by atoms with Gasteiger partial charge in [-0.1, -0.05) is 22.9 Å². The van der Waals surface area contributed by atoms with E-state index in [0.717, 1.165) is 16.7 Å². The molecule has 1 unspecified atom stereocenters. The molecule has 5 nitrogen and oxygen atoms in total. The minimum absolute atomic E-state index is 0.332. The van der Waals surface area contributed by atoms with Gasteiger partial charge in [-0.3, -0.25) is 0 Å². The quantitative estimate of drug-likeness (QED) is 0.913. The molecule has 2 N–H and O–H groups in total. The van der Waals surface area contributed by atoms with Gasteiger partial charge in [0.2, 0.25) is 0 Å². The van der Waals surface area contributed by atoms with Gasteiger partial charge in [-0.15, -0.1) is 0 Å². The Hall–Kier alpha value is -1.72. The van der Waals surface area contributed by atoms with Crippen LogP contribution in [0, 0.1) is 13.8 Å². The summed E-state index contributed by atoms with van der Waals surface area (Å²) in [5.41, 5.74) is 8.51. The van der Waals surface area contributed by atoms with Gasteiger partial charge in [0.05, 0.1) is 6.61 Å². The third-order valence-electron chi connectivity index (χ3n) is 3.00. The fourth-order valence-corrected chi connectivity index (χ4v) is 1.90. The Morgan fingerprint density at radius 1 is 1.37 bits per heavy atom. The fraction of sp³-hybridized carbons (Fsp3) is 0.429. The molecule has 1 aromatic heterocycles. The fourth-order valence-electron chi connectivity index (χ4n) is 1.90. The summed E-state index contributed by atoms with van der Waals surface area (Å²) in [6.45, 7) is 6.18. The molecule has 1 aromatic carbocycles. The van der Waals surface area contributed by atoms with Gasteiger partial charge in [0, 0.05) is 12.7 Å². The van der Waals surface area contributed by atoms with Crippen molar-refractivity contribution in [2.75, 3.05) is 13.7 Å². The Kier molecular flexibility index (Phi) is 3.68. The van der Waals surface area contributed by atoms with Gasteiger partial charge in [0.1, 0.15) is 5.54 Å². The standard InChI is InChI=1S/C14H19N3O2/c1-9-5-6-10(2)11(7-9)12-16-13(17-19-12)14(3,15)8-18-4/h5-7H,8,15H2,1-4H3. The average Bonchev–Trinajstić information content (AvgIpc) is 2.82. The first-order valence-corrected chi connectivity index (χ1v) is 6.13. The lowest BCUT2D eigenvalue weighted by Crippen LogP contribution is -2.38. The molecule has 0 radical (unpaired) electrons. The summed E-state index contributed by atoms with van der Waals surface area (Å²) >= 11 is 0. The first-order chi connectivity index (χ1) is 8.94. The zero-order valence-electron chi connectivity index (χ0n) is 11.7. The van der Waals surface area contributed by atoms with Crippen LogP contribution in [0.2, 0.25) is 0 Å². The van der Waals surface area contributed by atoms with Crippen molar-refractivity contribution in [3.63, 3.8) is 0 Å². The van der Waals surface area contributed by atoms with E-state index in [4.69, 9.17) is 15.0 Å². The van der Waals surface area contributed by atoms with Crippen LogP contribution in [-0.4, -0.2) is 23.9 Å². The highest BCUT2D eigenvalue weighted by Crippen LogP contribution is 2.25. The summed E-state index contributed by atoms with van der Waals surface area (Å²) in [6, 6.07) is 6.11. The summed E-state index contributed by atoms with van der Waals surface area (Å²) in [5, 5.41) is 3.96. The van der Waals surface area contributed by atoms with Crippen LogP contribution in [0.25, 0.3) is 11.5 Å². The molecule has 1 atom stereocenters. The van der Waals surface area contributed by atoms with E-state index in [-0.39, 0.29) is 0 Å². The molecule has 0 aliphatic rings. The van der Waals surface area contributed by atoms with Crippen LogP contribution < -0.4 is 5.73 Å². The lowest BCUT2D eigenvalue weighted by atomic mass is 10.0. The maximum atomic E-state index is 6.10. The van der Waals surface area contributed by atoms with Crippen molar-refractivity contribution in [2.45, 2.75) is 26.3 Å². The molecule has 102 valence electrons. The third kappa shape index (κ3) is 2.83. The summed E-state index contributed by atoms with van der Waals surface area (Å²) < 4.78 is 10.4.